The van der Waals surface area contributed by atoms with Crippen molar-refractivity contribution in [3.05, 3.63) is 22.0 Å². The summed E-state index contributed by atoms with van der Waals surface area (Å²) in [6, 6.07) is 1.84. The van der Waals surface area contributed by atoms with Gasteiger partial charge in [0.2, 0.25) is 0 Å². The van der Waals surface area contributed by atoms with Crippen LogP contribution in [0.2, 0.25) is 0 Å². The quantitative estimate of drug-likeness (QED) is 0.873. The van der Waals surface area contributed by atoms with Gasteiger partial charge in [-0.15, -0.1) is 11.3 Å². The number of nitrogens with one attached hydrogen (secondary N) is 1. The van der Waals surface area contributed by atoms with Crippen LogP contribution in [0, 0.1) is 0 Å². The molecule has 2 aromatic heterocycles. The topological polar surface area (TPSA) is 68.1 Å². The first kappa shape index (κ1) is 9.97. The van der Waals surface area contributed by atoms with E-state index in [0.717, 1.165) is 4.88 Å². The van der Waals surface area contributed by atoms with Gasteiger partial charge in [-0.05, 0) is 25.3 Å². The number of H-pyrrole nitrogens is 1. The lowest BCUT2D eigenvalue weighted by atomic mass is 10.4. The molecule has 0 saturated carbocycles. The van der Waals surface area contributed by atoms with Gasteiger partial charge in [-0.3, -0.25) is 9.51 Å². The second-order valence-electron chi connectivity index (χ2n) is 3.22. The third-order valence-electron chi connectivity index (χ3n) is 1.65. The molecule has 6 heteroatoms. The van der Waals surface area contributed by atoms with Crippen molar-refractivity contribution in [2.45, 2.75) is 20.0 Å². The fraction of sp³-hybridized carbons (Fsp3) is 0.333. The van der Waals surface area contributed by atoms with E-state index < -0.39 is 5.76 Å². The molecule has 15 heavy (non-hydrogen) atoms. The zero-order valence-electron chi connectivity index (χ0n) is 8.31. The van der Waals surface area contributed by atoms with Crippen LogP contribution in [0.1, 0.15) is 15.3 Å². The highest BCUT2D eigenvalue weighted by Crippen LogP contribution is 2.33. The standard InChI is InChI=1S/C9H10N2O3S.H2/c1-5(2)13-6-3-4-15-7(6)8-10-9(12)14-11-8;/h3-5H,1-2H3,(H,10,11,12);1H. The average molecular weight is 228 g/mol. The molecule has 1 N–H and O–H groups in total. The smallest absolute Gasteiger partial charge is 0.439 e. The summed E-state index contributed by atoms with van der Waals surface area (Å²) in [6.07, 6.45) is 0.0805. The number of ether oxygens (including phenoxy) is 1. The maximum Gasteiger partial charge on any atom is 0.439 e. The van der Waals surface area contributed by atoms with Gasteiger partial charge in [-0.25, -0.2) is 4.79 Å². The summed E-state index contributed by atoms with van der Waals surface area (Å²) in [5.41, 5.74) is 0. The normalized spacial score (nSPS) is 10.9. The van der Waals surface area contributed by atoms with Crippen LogP contribution in [0.25, 0.3) is 10.7 Å². The highest BCUT2D eigenvalue weighted by Gasteiger charge is 2.13. The first-order chi connectivity index (χ1) is 7.16. The van der Waals surface area contributed by atoms with Crippen molar-refractivity contribution in [1.82, 2.24) is 10.1 Å². The summed E-state index contributed by atoms with van der Waals surface area (Å²) < 4.78 is 9.99. The Hall–Kier alpha value is -1.56. The molecule has 5 nitrogen and oxygen atoms in total. The molecule has 0 saturated heterocycles. The maximum absolute atomic E-state index is 10.8. The van der Waals surface area contributed by atoms with E-state index >= 15 is 0 Å². The molecular formula is C9H12N2O3S. The lowest BCUT2D eigenvalue weighted by Crippen LogP contribution is -2.05. The average Bonchev–Trinajstić information content (AvgIpc) is 2.72. The van der Waals surface area contributed by atoms with Gasteiger partial charge in [0.15, 0.2) is 5.82 Å². The van der Waals surface area contributed by atoms with E-state index in [1.165, 1.54) is 11.3 Å². The molecule has 0 aliphatic carbocycles. The van der Waals surface area contributed by atoms with Crippen LogP contribution in [0.5, 0.6) is 5.75 Å². The summed E-state index contributed by atoms with van der Waals surface area (Å²) in [5.74, 6) is 0.555. The van der Waals surface area contributed by atoms with Crippen molar-refractivity contribution in [2.24, 2.45) is 0 Å². The number of rotatable bonds is 3. The van der Waals surface area contributed by atoms with Gasteiger partial charge in [0.05, 0.1) is 6.10 Å². The summed E-state index contributed by atoms with van der Waals surface area (Å²) >= 11 is 1.44. The first-order valence-corrected chi connectivity index (χ1v) is 5.35. The predicted octanol–water partition coefficient (Wildman–Crippen LogP) is 2.12. The van der Waals surface area contributed by atoms with Crippen molar-refractivity contribution in [3.8, 4) is 16.5 Å². The molecule has 0 bridgehead atoms. The van der Waals surface area contributed by atoms with E-state index in [-0.39, 0.29) is 7.53 Å². The largest absolute Gasteiger partial charge is 0.489 e. The molecule has 0 spiro atoms. The monoisotopic (exact) mass is 228 g/mol. The second kappa shape index (κ2) is 3.90. The van der Waals surface area contributed by atoms with Gasteiger partial charge in [-0.1, -0.05) is 5.16 Å². The first-order valence-electron chi connectivity index (χ1n) is 4.47. The number of thiophene rings is 1. The van der Waals surface area contributed by atoms with Gasteiger partial charge in [0, 0.05) is 1.43 Å². The SMILES string of the molecule is CC(C)Oc1ccsc1-c1noc(=O)[nH]1.[HH]. The summed E-state index contributed by atoms with van der Waals surface area (Å²) in [5, 5.41) is 5.49. The Kier molecular flexibility index (Phi) is 2.59. The lowest BCUT2D eigenvalue weighted by Gasteiger charge is -2.08. The van der Waals surface area contributed by atoms with E-state index in [4.69, 9.17) is 4.74 Å². The second-order valence-corrected chi connectivity index (χ2v) is 4.14. The highest BCUT2D eigenvalue weighted by atomic mass is 32.1. The number of aromatic nitrogens is 2. The molecule has 0 unspecified atom stereocenters. The minimum atomic E-state index is -0.561. The van der Waals surface area contributed by atoms with Crippen molar-refractivity contribution >= 4 is 11.3 Å². The molecule has 0 aromatic carbocycles. The molecule has 82 valence electrons. The van der Waals surface area contributed by atoms with Crippen molar-refractivity contribution < 1.29 is 10.7 Å². The minimum Gasteiger partial charge on any atom is -0.489 e. The Bertz CT molecular complexity index is 503. The summed E-state index contributed by atoms with van der Waals surface area (Å²) in [6.45, 7) is 3.87. The van der Waals surface area contributed by atoms with Gasteiger partial charge in [0.1, 0.15) is 10.6 Å². The molecule has 2 aromatic rings. The zero-order valence-corrected chi connectivity index (χ0v) is 9.13. The van der Waals surface area contributed by atoms with E-state index in [1.54, 1.807) is 0 Å². The zero-order chi connectivity index (χ0) is 10.8. The molecule has 0 radical (unpaired) electrons. The van der Waals surface area contributed by atoms with Gasteiger partial charge >= 0.3 is 5.76 Å². The molecule has 0 fully saturated rings. The van der Waals surface area contributed by atoms with Crippen LogP contribution in [0.15, 0.2) is 20.8 Å². The van der Waals surface area contributed by atoms with E-state index in [0.29, 0.717) is 11.6 Å². The van der Waals surface area contributed by atoms with Crippen molar-refractivity contribution in [2.75, 3.05) is 0 Å². The fourth-order valence-electron chi connectivity index (χ4n) is 1.14. The molecule has 2 rings (SSSR count). The van der Waals surface area contributed by atoms with Crippen molar-refractivity contribution in [3.63, 3.8) is 0 Å². The Morgan fingerprint density at radius 1 is 1.67 bits per heavy atom. The van der Waals surface area contributed by atoms with Crippen molar-refractivity contribution in [1.29, 1.82) is 0 Å². The molecule has 0 atom stereocenters. The predicted molar refractivity (Wildman–Crippen MR) is 58.3 cm³/mol. The molecule has 0 amide bonds. The van der Waals surface area contributed by atoms with Crippen LogP contribution in [0.4, 0.5) is 0 Å². The molecule has 0 aliphatic rings. The Morgan fingerprint density at radius 3 is 3.07 bits per heavy atom. The van der Waals surface area contributed by atoms with Crippen LogP contribution >= 0.6 is 11.3 Å². The Balaban J connectivity index is 0.00000128. The third-order valence-corrected chi connectivity index (χ3v) is 2.55. The van der Waals surface area contributed by atoms with Crippen LogP contribution in [0.3, 0.4) is 0 Å². The number of hydrogen-bond donors (Lipinski definition) is 1. The van der Waals surface area contributed by atoms with E-state index in [2.05, 4.69) is 14.7 Å². The third kappa shape index (κ3) is 2.10. The summed E-state index contributed by atoms with van der Waals surface area (Å²) in [7, 11) is 0. The lowest BCUT2D eigenvalue weighted by molar-refractivity contribution is 0.244. The molecule has 0 aliphatic heterocycles. The number of hydrogen-bond acceptors (Lipinski definition) is 5. The highest BCUT2D eigenvalue weighted by molar-refractivity contribution is 7.13. The Labute approximate surface area is 91.2 Å². The Morgan fingerprint density at radius 2 is 2.47 bits per heavy atom. The fourth-order valence-corrected chi connectivity index (χ4v) is 1.90. The van der Waals surface area contributed by atoms with Gasteiger partial charge < -0.3 is 4.74 Å². The maximum atomic E-state index is 10.8. The number of nitrogens with zero attached hydrogens (tertiary/aromatic N) is 1. The molecular weight excluding hydrogens is 216 g/mol. The van der Waals surface area contributed by atoms with Gasteiger partial charge in [0.25, 0.3) is 0 Å². The van der Waals surface area contributed by atoms with E-state index in [1.807, 2.05) is 25.3 Å². The molecule has 2 heterocycles. The van der Waals surface area contributed by atoms with Gasteiger partial charge in [-0.2, -0.15) is 0 Å². The van der Waals surface area contributed by atoms with Crippen LogP contribution in [-0.2, 0) is 0 Å². The van der Waals surface area contributed by atoms with E-state index in [9.17, 15) is 4.79 Å². The number of aromatic amines is 1. The summed E-state index contributed by atoms with van der Waals surface area (Å²) in [4.78, 5) is 14.1. The van der Waals surface area contributed by atoms with Crippen LogP contribution in [-0.4, -0.2) is 16.2 Å². The van der Waals surface area contributed by atoms with Crippen LogP contribution < -0.4 is 10.5 Å². The minimum absolute atomic E-state index is 0.